The standard InChI is InChI=1S/C27H18N.Y/c1-28-26-13-7-6-11-22(26)25-17-24(21-10-4-5-12-23(21)27(25)28)20-15-14-18-8-2-3-9-19(18)16-20;/h3-17H,1H3;/q-1;. The summed E-state index contributed by atoms with van der Waals surface area (Å²) < 4.78 is 2.33. The first kappa shape index (κ1) is 18.5. The molecule has 2 heteroatoms. The van der Waals surface area contributed by atoms with Crippen LogP contribution in [-0.4, -0.2) is 4.57 Å². The number of aromatic nitrogens is 1. The van der Waals surface area contributed by atoms with Crippen molar-refractivity contribution in [1.29, 1.82) is 0 Å². The van der Waals surface area contributed by atoms with E-state index in [0.29, 0.717) is 0 Å². The fourth-order valence-electron chi connectivity index (χ4n) is 4.57. The molecule has 0 saturated heterocycles. The third kappa shape index (κ3) is 2.76. The van der Waals surface area contributed by atoms with Crippen LogP contribution in [0.4, 0.5) is 0 Å². The van der Waals surface area contributed by atoms with E-state index in [9.17, 15) is 0 Å². The van der Waals surface area contributed by atoms with Crippen molar-refractivity contribution in [1.82, 2.24) is 4.57 Å². The molecule has 0 aliphatic rings. The zero-order valence-electron chi connectivity index (χ0n) is 16.2. The van der Waals surface area contributed by atoms with Gasteiger partial charge in [0.25, 0.3) is 0 Å². The summed E-state index contributed by atoms with van der Waals surface area (Å²) in [5.41, 5.74) is 5.11. The van der Waals surface area contributed by atoms with Gasteiger partial charge in [0.05, 0.1) is 5.52 Å². The molecule has 0 amide bonds. The van der Waals surface area contributed by atoms with Crippen molar-refractivity contribution in [3.05, 3.63) is 97.1 Å². The number of rotatable bonds is 1. The second-order valence-corrected chi connectivity index (χ2v) is 7.43. The van der Waals surface area contributed by atoms with Crippen molar-refractivity contribution in [2.45, 2.75) is 0 Å². The van der Waals surface area contributed by atoms with E-state index < -0.39 is 0 Å². The van der Waals surface area contributed by atoms with Crippen LogP contribution < -0.4 is 0 Å². The first-order chi connectivity index (χ1) is 13.8. The topological polar surface area (TPSA) is 4.93 Å². The number of hydrogen-bond donors (Lipinski definition) is 0. The fourth-order valence-corrected chi connectivity index (χ4v) is 4.57. The first-order valence-corrected chi connectivity index (χ1v) is 9.60. The molecule has 0 aliphatic heterocycles. The van der Waals surface area contributed by atoms with Gasteiger partial charge in [-0.3, -0.25) is 0 Å². The van der Waals surface area contributed by atoms with E-state index in [2.05, 4.69) is 96.5 Å². The summed E-state index contributed by atoms with van der Waals surface area (Å²) in [5.74, 6) is 0. The molecular formula is C27H18NY-. The van der Waals surface area contributed by atoms with E-state index >= 15 is 0 Å². The monoisotopic (exact) mass is 445 g/mol. The van der Waals surface area contributed by atoms with Crippen LogP contribution in [0.3, 0.4) is 0 Å². The third-order valence-electron chi connectivity index (χ3n) is 5.90. The molecule has 0 saturated carbocycles. The number of para-hydroxylation sites is 1. The van der Waals surface area contributed by atoms with Crippen LogP contribution in [0.25, 0.3) is 54.5 Å². The van der Waals surface area contributed by atoms with Crippen LogP contribution >= 0.6 is 0 Å². The molecule has 1 nitrogen and oxygen atoms in total. The van der Waals surface area contributed by atoms with Crippen LogP contribution in [0.2, 0.25) is 0 Å². The minimum absolute atomic E-state index is 0. The van der Waals surface area contributed by atoms with E-state index in [0.717, 1.165) is 0 Å². The zero-order valence-corrected chi connectivity index (χ0v) is 19.0. The second-order valence-electron chi connectivity index (χ2n) is 7.43. The molecule has 1 radical (unpaired) electrons. The zero-order chi connectivity index (χ0) is 18.7. The number of hydrogen-bond acceptors (Lipinski definition) is 0. The van der Waals surface area contributed by atoms with Gasteiger partial charge in [0.2, 0.25) is 0 Å². The van der Waals surface area contributed by atoms with E-state index in [1.54, 1.807) is 0 Å². The Labute approximate surface area is 194 Å². The van der Waals surface area contributed by atoms with Crippen molar-refractivity contribution in [2.75, 3.05) is 0 Å². The Kier molecular flexibility index (Phi) is 4.54. The molecule has 0 spiro atoms. The SMILES string of the molecule is Cn1c2ccccc2c2cc(-c3ccc4c[c-]ccc4c3)c3ccccc3c21.[Y]. The van der Waals surface area contributed by atoms with Gasteiger partial charge in [-0.05, 0) is 28.6 Å². The third-order valence-corrected chi connectivity index (χ3v) is 5.90. The smallest absolute Gasteiger partial charge is 0.0568 e. The van der Waals surface area contributed by atoms with E-state index in [-0.39, 0.29) is 32.7 Å². The Hall–Kier alpha value is -2.48. The molecule has 0 bridgehead atoms. The maximum Gasteiger partial charge on any atom is 0.0568 e. The van der Waals surface area contributed by atoms with E-state index in [4.69, 9.17) is 0 Å². The summed E-state index contributed by atoms with van der Waals surface area (Å²) in [4.78, 5) is 0. The number of benzene rings is 5. The molecule has 29 heavy (non-hydrogen) atoms. The minimum atomic E-state index is 0. The quantitative estimate of drug-likeness (QED) is 0.238. The van der Waals surface area contributed by atoms with Crippen molar-refractivity contribution in [3.8, 4) is 11.1 Å². The summed E-state index contributed by atoms with van der Waals surface area (Å²) in [6, 6.07) is 35.9. The van der Waals surface area contributed by atoms with Gasteiger partial charge >= 0.3 is 0 Å². The maximum absolute atomic E-state index is 3.17. The Morgan fingerprint density at radius 1 is 0.690 bits per heavy atom. The summed E-state index contributed by atoms with van der Waals surface area (Å²) >= 11 is 0. The largest absolute Gasteiger partial charge is 0.343 e. The number of fused-ring (bicyclic) bond motifs is 6. The average Bonchev–Trinajstić information content (AvgIpc) is 3.05. The van der Waals surface area contributed by atoms with Gasteiger partial charge in [0.1, 0.15) is 0 Å². The summed E-state index contributed by atoms with van der Waals surface area (Å²) in [6.07, 6.45) is 0. The van der Waals surface area contributed by atoms with Crippen LogP contribution in [0.5, 0.6) is 0 Å². The van der Waals surface area contributed by atoms with Crippen molar-refractivity contribution in [3.63, 3.8) is 0 Å². The van der Waals surface area contributed by atoms with Gasteiger partial charge in [-0.1, -0.05) is 54.6 Å². The number of aryl methyl sites for hydroxylation is 1. The van der Waals surface area contributed by atoms with Gasteiger partial charge < -0.3 is 4.57 Å². The molecule has 0 fully saturated rings. The minimum Gasteiger partial charge on any atom is -0.343 e. The molecule has 0 unspecified atom stereocenters. The Morgan fingerprint density at radius 3 is 2.31 bits per heavy atom. The normalized spacial score (nSPS) is 11.3. The molecule has 6 aromatic rings. The summed E-state index contributed by atoms with van der Waals surface area (Å²) in [7, 11) is 2.17. The first-order valence-electron chi connectivity index (χ1n) is 9.60. The van der Waals surface area contributed by atoms with E-state index in [1.165, 1.54) is 54.5 Å². The average molecular weight is 445 g/mol. The van der Waals surface area contributed by atoms with Crippen LogP contribution in [0.15, 0.2) is 91.0 Å². The molecular weight excluding hydrogens is 427 g/mol. The molecule has 0 aliphatic carbocycles. The molecule has 1 aromatic heterocycles. The van der Waals surface area contributed by atoms with E-state index in [1.807, 2.05) is 12.1 Å². The Bertz CT molecular complexity index is 1520. The predicted molar refractivity (Wildman–Crippen MR) is 120 cm³/mol. The van der Waals surface area contributed by atoms with Crippen molar-refractivity contribution in [2.24, 2.45) is 7.05 Å². The van der Waals surface area contributed by atoms with Crippen molar-refractivity contribution < 1.29 is 32.7 Å². The summed E-state index contributed by atoms with van der Waals surface area (Å²) in [5, 5.41) is 7.69. The molecule has 135 valence electrons. The molecule has 6 rings (SSSR count). The molecule has 5 aromatic carbocycles. The Balaban J connectivity index is 0.00000181. The van der Waals surface area contributed by atoms with Gasteiger partial charge in [-0.2, -0.15) is 24.3 Å². The number of nitrogens with zero attached hydrogens (tertiary/aromatic N) is 1. The van der Waals surface area contributed by atoms with Crippen molar-refractivity contribution >= 4 is 43.4 Å². The van der Waals surface area contributed by atoms with Crippen LogP contribution in [0.1, 0.15) is 0 Å². The van der Waals surface area contributed by atoms with Gasteiger partial charge in [-0.15, -0.1) is 16.8 Å². The summed E-state index contributed by atoms with van der Waals surface area (Å²) in [6.45, 7) is 0. The fraction of sp³-hybridized carbons (Fsp3) is 0.0370. The van der Waals surface area contributed by atoms with Gasteiger partial charge in [0, 0.05) is 61.4 Å². The van der Waals surface area contributed by atoms with Gasteiger partial charge in [0.15, 0.2) is 0 Å². The van der Waals surface area contributed by atoms with Crippen LogP contribution in [0, 0.1) is 6.07 Å². The Morgan fingerprint density at radius 2 is 1.45 bits per heavy atom. The maximum atomic E-state index is 3.17. The predicted octanol–water partition coefficient (Wildman–Crippen LogP) is 7.10. The van der Waals surface area contributed by atoms with Gasteiger partial charge in [-0.25, -0.2) is 0 Å². The second kappa shape index (κ2) is 7.09. The molecule has 0 atom stereocenters. The molecule has 0 N–H and O–H groups in total. The van der Waals surface area contributed by atoms with Crippen LogP contribution in [-0.2, 0) is 39.8 Å². The molecule has 1 heterocycles.